The van der Waals surface area contributed by atoms with Crippen molar-refractivity contribution in [3.05, 3.63) is 6.20 Å². The molecule has 1 aromatic rings. The van der Waals surface area contributed by atoms with Gasteiger partial charge in [-0.15, -0.1) is 22.6 Å². The fourth-order valence-corrected chi connectivity index (χ4v) is 0.288. The molecule has 0 atom stereocenters. The van der Waals surface area contributed by atoms with Gasteiger partial charge in [-0.2, -0.15) is 0 Å². The quantitative estimate of drug-likeness (QED) is 0.447. The number of rotatable bonds is 0. The van der Waals surface area contributed by atoms with Crippen LogP contribution in [0, 0.1) is 0 Å². The Bertz CT molecular complexity index is 143. The van der Waals surface area contributed by atoms with Gasteiger partial charge >= 0.3 is 0 Å². The Labute approximate surface area is 52.0 Å². The molecule has 0 amide bonds. The second kappa shape index (κ2) is 2.37. The van der Waals surface area contributed by atoms with E-state index < -0.39 is 0 Å². The summed E-state index contributed by atoms with van der Waals surface area (Å²) in [7, 11) is 0. The lowest BCUT2D eigenvalue weighted by atomic mass is 10.8. The van der Waals surface area contributed by atoms with Crippen molar-refractivity contribution in [1.82, 2.24) is 15.1 Å². The molecular formula is C2H6ClN5. The topological polar surface area (TPSA) is 82.8 Å². The molecule has 6 heteroatoms. The van der Waals surface area contributed by atoms with Gasteiger partial charge in [-0.1, -0.05) is 4.91 Å². The maximum Gasteiger partial charge on any atom is 0.168 e. The number of aromatic nitrogens is 3. The minimum Gasteiger partial charge on any atom is -0.381 e. The van der Waals surface area contributed by atoms with Crippen LogP contribution < -0.4 is 11.6 Å². The van der Waals surface area contributed by atoms with Crippen molar-refractivity contribution in [2.45, 2.75) is 0 Å². The summed E-state index contributed by atoms with van der Waals surface area (Å²) < 4.78 is 0. The summed E-state index contributed by atoms with van der Waals surface area (Å²) in [5.74, 6) is 5.33. The zero-order valence-electron chi connectivity index (χ0n) is 3.98. The van der Waals surface area contributed by atoms with E-state index in [1.807, 2.05) is 0 Å². The molecular weight excluding hydrogens is 130 g/mol. The molecule has 5 nitrogen and oxygen atoms in total. The van der Waals surface area contributed by atoms with Crippen molar-refractivity contribution in [3.8, 4) is 0 Å². The van der Waals surface area contributed by atoms with Crippen LogP contribution >= 0.6 is 12.4 Å². The zero-order chi connectivity index (χ0) is 5.28. The third-order valence-corrected chi connectivity index (χ3v) is 0.526. The minimum absolute atomic E-state index is 0. The number of hydrogen-bond donors (Lipinski definition) is 2. The molecule has 0 saturated carbocycles. The summed E-state index contributed by atoms with van der Waals surface area (Å²) in [6.45, 7) is 0. The van der Waals surface area contributed by atoms with Crippen molar-refractivity contribution >= 4 is 18.2 Å². The van der Waals surface area contributed by atoms with Gasteiger partial charge in [0.1, 0.15) is 0 Å². The maximum atomic E-state index is 5.10. The third kappa shape index (κ3) is 1.27. The first-order valence-corrected chi connectivity index (χ1v) is 1.72. The van der Waals surface area contributed by atoms with Crippen LogP contribution in [0.4, 0.5) is 5.82 Å². The van der Waals surface area contributed by atoms with E-state index in [2.05, 4.69) is 10.2 Å². The summed E-state index contributed by atoms with van der Waals surface area (Å²) in [5, 5.41) is 6.95. The summed E-state index contributed by atoms with van der Waals surface area (Å²) >= 11 is 0. The summed E-state index contributed by atoms with van der Waals surface area (Å²) in [6, 6.07) is 0. The predicted octanol–water partition coefficient (Wildman–Crippen LogP) is -1.00. The van der Waals surface area contributed by atoms with Crippen LogP contribution in [0.3, 0.4) is 0 Å². The van der Waals surface area contributed by atoms with Crippen LogP contribution in [0.2, 0.25) is 0 Å². The Balaban J connectivity index is 0.000000490. The van der Waals surface area contributed by atoms with Gasteiger partial charge in [-0.25, -0.2) is 0 Å². The monoisotopic (exact) mass is 135 g/mol. The van der Waals surface area contributed by atoms with Gasteiger partial charge in [0.2, 0.25) is 0 Å². The molecule has 4 N–H and O–H groups in total. The molecule has 0 aromatic carbocycles. The standard InChI is InChI=1S/C2H5N5.ClH/c3-2-1-5-7(4)6-2;/h1H,4H2,(H2,3,6);1H. The van der Waals surface area contributed by atoms with Crippen LogP contribution in [-0.4, -0.2) is 15.1 Å². The number of nitrogen functional groups attached to an aromatic ring is 2. The van der Waals surface area contributed by atoms with Crippen molar-refractivity contribution in [2.75, 3.05) is 11.6 Å². The molecule has 46 valence electrons. The zero-order valence-corrected chi connectivity index (χ0v) is 4.80. The summed E-state index contributed by atoms with van der Waals surface area (Å²) in [4.78, 5) is 0.912. The lowest BCUT2D eigenvalue weighted by molar-refractivity contribution is 0.710. The van der Waals surface area contributed by atoms with E-state index in [1.165, 1.54) is 6.20 Å². The molecule has 0 aliphatic heterocycles. The first-order valence-electron chi connectivity index (χ1n) is 1.72. The Morgan fingerprint density at radius 1 is 1.62 bits per heavy atom. The van der Waals surface area contributed by atoms with E-state index in [1.54, 1.807) is 0 Å². The molecule has 1 rings (SSSR count). The van der Waals surface area contributed by atoms with Crippen LogP contribution in [0.15, 0.2) is 6.20 Å². The number of anilines is 1. The molecule has 1 aromatic heterocycles. The number of nitrogens with zero attached hydrogens (tertiary/aromatic N) is 3. The molecule has 0 unspecified atom stereocenters. The fourth-order valence-electron chi connectivity index (χ4n) is 0.288. The number of hydrogen-bond acceptors (Lipinski definition) is 4. The smallest absolute Gasteiger partial charge is 0.168 e. The first kappa shape index (κ1) is 7.03. The van der Waals surface area contributed by atoms with E-state index in [0.717, 1.165) is 4.91 Å². The highest BCUT2D eigenvalue weighted by molar-refractivity contribution is 5.85. The molecule has 0 saturated heterocycles. The summed E-state index contributed by atoms with van der Waals surface area (Å²) in [5.41, 5.74) is 5.10. The van der Waals surface area contributed by atoms with Gasteiger partial charge in [0.15, 0.2) is 5.82 Å². The van der Waals surface area contributed by atoms with Crippen molar-refractivity contribution < 1.29 is 0 Å². The molecule has 0 radical (unpaired) electrons. The minimum atomic E-state index is 0. The van der Waals surface area contributed by atoms with Crippen LogP contribution in [-0.2, 0) is 0 Å². The van der Waals surface area contributed by atoms with Crippen LogP contribution in [0.1, 0.15) is 0 Å². The predicted molar refractivity (Wildman–Crippen MR) is 31.8 cm³/mol. The average Bonchev–Trinajstić information content (AvgIpc) is 1.87. The molecule has 1 heterocycles. The van der Waals surface area contributed by atoms with E-state index in [0.29, 0.717) is 5.82 Å². The summed E-state index contributed by atoms with van der Waals surface area (Å²) in [6.07, 6.45) is 1.38. The molecule has 0 aliphatic carbocycles. The van der Waals surface area contributed by atoms with Gasteiger partial charge in [-0.3, -0.25) is 0 Å². The van der Waals surface area contributed by atoms with Crippen molar-refractivity contribution in [3.63, 3.8) is 0 Å². The molecule has 8 heavy (non-hydrogen) atoms. The van der Waals surface area contributed by atoms with Gasteiger partial charge in [0.05, 0.1) is 6.20 Å². The van der Waals surface area contributed by atoms with Gasteiger partial charge in [0, 0.05) is 0 Å². The van der Waals surface area contributed by atoms with E-state index in [-0.39, 0.29) is 12.4 Å². The van der Waals surface area contributed by atoms with Crippen LogP contribution in [0.5, 0.6) is 0 Å². The second-order valence-electron chi connectivity index (χ2n) is 1.09. The van der Waals surface area contributed by atoms with Crippen molar-refractivity contribution in [1.29, 1.82) is 0 Å². The fraction of sp³-hybridized carbons (Fsp3) is 0. The average molecular weight is 136 g/mol. The lowest BCUT2D eigenvalue weighted by Crippen LogP contribution is -2.11. The van der Waals surface area contributed by atoms with Gasteiger partial charge < -0.3 is 11.6 Å². The Morgan fingerprint density at radius 3 is 2.38 bits per heavy atom. The van der Waals surface area contributed by atoms with Gasteiger partial charge in [0.25, 0.3) is 0 Å². The van der Waals surface area contributed by atoms with Crippen molar-refractivity contribution in [2.24, 2.45) is 0 Å². The molecule has 0 spiro atoms. The maximum absolute atomic E-state index is 5.10. The molecule has 0 aliphatic rings. The third-order valence-electron chi connectivity index (χ3n) is 0.526. The normalized spacial score (nSPS) is 8.00. The molecule has 0 fully saturated rings. The first-order chi connectivity index (χ1) is 3.29. The van der Waals surface area contributed by atoms with E-state index in [9.17, 15) is 0 Å². The second-order valence-corrected chi connectivity index (χ2v) is 1.09. The highest BCUT2D eigenvalue weighted by Gasteiger charge is 1.84. The van der Waals surface area contributed by atoms with Crippen LogP contribution in [0.25, 0.3) is 0 Å². The van der Waals surface area contributed by atoms with E-state index in [4.69, 9.17) is 11.6 Å². The molecule has 0 bridgehead atoms. The SMILES string of the molecule is Cl.Nc1cnn(N)n1. The Morgan fingerprint density at radius 2 is 2.25 bits per heavy atom. The lowest BCUT2D eigenvalue weighted by Gasteiger charge is -1.77. The van der Waals surface area contributed by atoms with Gasteiger partial charge in [-0.05, 0) is 0 Å². The Hall–Kier alpha value is -0.970. The highest BCUT2D eigenvalue weighted by Crippen LogP contribution is 1.83. The highest BCUT2D eigenvalue weighted by atomic mass is 35.5. The van der Waals surface area contributed by atoms with E-state index >= 15 is 0 Å². The number of halogens is 1. The number of nitrogens with two attached hydrogens (primary N) is 2. The Kier molecular flexibility index (Phi) is 2.08. The largest absolute Gasteiger partial charge is 0.381 e.